The Kier molecular flexibility index (Phi) is 6.94. The maximum Gasteiger partial charge on any atom is 0.250 e. The highest BCUT2D eigenvalue weighted by atomic mass is 32.2. The van der Waals surface area contributed by atoms with Gasteiger partial charge in [0, 0.05) is 26.3 Å². The minimum Gasteiger partial charge on any atom is -0.388 e. The van der Waals surface area contributed by atoms with E-state index in [1.54, 1.807) is 30.3 Å². The topological polar surface area (TPSA) is 143 Å². The fourth-order valence-electron chi connectivity index (χ4n) is 2.51. The first-order chi connectivity index (χ1) is 12.7. The van der Waals surface area contributed by atoms with Gasteiger partial charge >= 0.3 is 0 Å². The van der Waals surface area contributed by atoms with Crippen molar-refractivity contribution < 1.29 is 28.5 Å². The van der Waals surface area contributed by atoms with Crippen LogP contribution in [0.3, 0.4) is 0 Å². The van der Waals surface area contributed by atoms with Gasteiger partial charge in [0.15, 0.2) is 4.91 Å². The number of hydrogen-bond acceptors (Lipinski definition) is 8. The molecule has 10 heteroatoms. The van der Waals surface area contributed by atoms with E-state index in [1.807, 2.05) is 19.0 Å². The molecule has 2 rings (SSSR count). The van der Waals surface area contributed by atoms with Crippen LogP contribution in [0.1, 0.15) is 5.56 Å². The molecule has 4 atom stereocenters. The van der Waals surface area contributed by atoms with Crippen LogP contribution in [0.5, 0.6) is 0 Å². The van der Waals surface area contributed by atoms with E-state index in [1.165, 1.54) is 6.08 Å². The largest absolute Gasteiger partial charge is 0.388 e. The van der Waals surface area contributed by atoms with Crippen molar-refractivity contribution in [2.24, 2.45) is 0 Å². The lowest BCUT2D eigenvalue weighted by Gasteiger charge is -2.35. The zero-order valence-corrected chi connectivity index (χ0v) is 15.8. The summed E-state index contributed by atoms with van der Waals surface area (Å²) in [5, 5.41) is 38.1. The Morgan fingerprint density at radius 3 is 2.48 bits per heavy atom. The number of ether oxygens (including phenoxy) is 1. The number of aliphatic hydroxyl groups is 3. The first-order valence-corrected chi connectivity index (χ1v) is 9.68. The number of aliphatic hydroxyl groups excluding tert-OH is 3. The molecule has 0 aliphatic carbocycles. The summed E-state index contributed by atoms with van der Waals surface area (Å²) in [7, 11) is -0.401. The Morgan fingerprint density at radius 2 is 1.93 bits per heavy atom. The van der Waals surface area contributed by atoms with Gasteiger partial charge in [-0.3, -0.25) is 0 Å². The number of benzene rings is 1. The molecule has 1 fully saturated rings. The Bertz CT molecular complexity index is 816. The number of nitrogens with one attached hydrogen (secondary N) is 1. The second-order valence-electron chi connectivity index (χ2n) is 6.38. The second kappa shape index (κ2) is 8.79. The van der Waals surface area contributed by atoms with Crippen molar-refractivity contribution in [2.75, 3.05) is 32.1 Å². The summed E-state index contributed by atoms with van der Waals surface area (Å²) in [6, 6.07) is 8.61. The van der Waals surface area contributed by atoms with Gasteiger partial charge in [0.05, 0.1) is 12.7 Å². The summed E-state index contributed by atoms with van der Waals surface area (Å²) in [5.74, 6) is 0. The van der Waals surface area contributed by atoms with E-state index in [0.29, 0.717) is 5.56 Å². The molecule has 1 saturated heterocycles. The lowest BCUT2D eigenvalue weighted by atomic mass is 10.0. The summed E-state index contributed by atoms with van der Waals surface area (Å²) in [5.41, 5.74) is 1.46. The zero-order chi connectivity index (χ0) is 20.2. The van der Waals surface area contributed by atoms with E-state index < -0.39 is 39.3 Å². The van der Waals surface area contributed by atoms with Crippen LogP contribution in [-0.4, -0.2) is 75.4 Å². The molecule has 148 valence electrons. The van der Waals surface area contributed by atoms with Crippen LogP contribution in [0.4, 0.5) is 5.69 Å². The average molecular weight is 397 g/mol. The Balaban J connectivity index is 2.10. The van der Waals surface area contributed by atoms with Crippen LogP contribution >= 0.6 is 0 Å². The van der Waals surface area contributed by atoms with Gasteiger partial charge in [-0.2, -0.15) is 5.26 Å². The van der Waals surface area contributed by atoms with Gasteiger partial charge in [-0.25, -0.2) is 13.1 Å². The molecule has 27 heavy (non-hydrogen) atoms. The van der Waals surface area contributed by atoms with Gasteiger partial charge in [0.2, 0.25) is 0 Å². The molecule has 9 nitrogen and oxygen atoms in total. The van der Waals surface area contributed by atoms with Crippen LogP contribution < -0.4 is 9.62 Å². The first-order valence-electron chi connectivity index (χ1n) is 8.20. The third kappa shape index (κ3) is 5.26. The summed E-state index contributed by atoms with van der Waals surface area (Å²) in [4.78, 5) is 1.39. The van der Waals surface area contributed by atoms with Crippen LogP contribution in [0.15, 0.2) is 29.2 Å². The van der Waals surface area contributed by atoms with Crippen molar-refractivity contribution in [3.8, 4) is 6.07 Å². The monoisotopic (exact) mass is 397 g/mol. The minimum absolute atomic E-state index is 0.232. The number of anilines is 1. The summed E-state index contributed by atoms with van der Waals surface area (Å²) >= 11 is 0. The number of nitriles is 1. The molecule has 1 aromatic rings. The van der Waals surface area contributed by atoms with Crippen molar-refractivity contribution >= 4 is 21.8 Å². The Morgan fingerprint density at radius 1 is 1.30 bits per heavy atom. The molecule has 1 aliphatic rings. The van der Waals surface area contributed by atoms with E-state index in [-0.39, 0.29) is 13.2 Å². The quantitative estimate of drug-likeness (QED) is 0.449. The summed E-state index contributed by atoms with van der Waals surface area (Å²) in [6.45, 7) is -0.588. The van der Waals surface area contributed by atoms with Gasteiger partial charge in [-0.1, -0.05) is 12.1 Å². The van der Waals surface area contributed by atoms with E-state index >= 15 is 0 Å². The van der Waals surface area contributed by atoms with E-state index in [4.69, 9.17) is 4.74 Å². The fourth-order valence-corrected chi connectivity index (χ4v) is 3.46. The first kappa shape index (κ1) is 21.3. The van der Waals surface area contributed by atoms with Gasteiger partial charge in [-0.15, -0.1) is 0 Å². The molecule has 0 aromatic heterocycles. The van der Waals surface area contributed by atoms with Gasteiger partial charge in [0.1, 0.15) is 24.4 Å². The molecule has 0 amide bonds. The molecule has 0 unspecified atom stereocenters. The predicted molar refractivity (Wildman–Crippen MR) is 99.0 cm³/mol. The van der Waals surface area contributed by atoms with Crippen LogP contribution in [-0.2, 0) is 14.8 Å². The Hall–Kier alpha value is -2.00. The van der Waals surface area contributed by atoms with Crippen molar-refractivity contribution in [1.82, 2.24) is 4.72 Å². The fraction of sp³-hybridized carbons (Fsp3) is 0.471. The van der Waals surface area contributed by atoms with Gasteiger partial charge in [-0.05, 0) is 23.8 Å². The van der Waals surface area contributed by atoms with Crippen LogP contribution in [0.25, 0.3) is 6.08 Å². The molecule has 4 N–H and O–H groups in total. The lowest BCUT2D eigenvalue weighted by Crippen LogP contribution is -2.56. The van der Waals surface area contributed by atoms with Crippen molar-refractivity contribution in [1.29, 1.82) is 5.26 Å². The maximum atomic E-state index is 12.4. The number of nitrogens with zero attached hydrogens (tertiary/aromatic N) is 2. The summed E-state index contributed by atoms with van der Waals surface area (Å²) in [6.07, 6.45) is -3.94. The average Bonchev–Trinajstić information content (AvgIpc) is 2.63. The smallest absolute Gasteiger partial charge is 0.250 e. The third-order valence-electron chi connectivity index (χ3n) is 4.19. The number of sulfonamides is 1. The molecule has 0 saturated carbocycles. The van der Waals surface area contributed by atoms with Crippen LogP contribution in [0.2, 0.25) is 0 Å². The molecular weight excluding hydrogens is 374 g/mol. The number of allylic oxidation sites excluding steroid dienone is 1. The molecule has 0 bridgehead atoms. The number of rotatable bonds is 6. The van der Waals surface area contributed by atoms with Crippen molar-refractivity contribution in [3.63, 3.8) is 0 Å². The molecular formula is C17H23N3O6S. The molecule has 0 radical (unpaired) electrons. The highest BCUT2D eigenvalue weighted by molar-refractivity contribution is 7.93. The molecule has 1 heterocycles. The summed E-state index contributed by atoms with van der Waals surface area (Å²) < 4.78 is 32.1. The molecule has 1 aromatic carbocycles. The van der Waals surface area contributed by atoms with Gasteiger partial charge in [0.25, 0.3) is 10.0 Å². The second-order valence-corrected chi connectivity index (χ2v) is 8.11. The Labute approximate surface area is 158 Å². The maximum absolute atomic E-state index is 12.4. The van der Waals surface area contributed by atoms with E-state index in [2.05, 4.69) is 4.72 Å². The normalized spacial score (nSPS) is 26.4. The highest BCUT2D eigenvalue weighted by Gasteiger charge is 2.38. The van der Waals surface area contributed by atoms with Crippen molar-refractivity contribution in [2.45, 2.75) is 24.4 Å². The standard InChI is InChI=1S/C17H23N3O6S/c1-20(2)12-5-3-11(4-6-12)7-13(8-18)27(24,25)19-9-15-17(23)16(22)14(21)10-26-15/h3-7,14-17,19,21-23H,9-10H2,1-2H3/b13-7+/t14-,15+,16+,17+/m0/s1. The molecule has 0 spiro atoms. The van der Waals surface area contributed by atoms with Crippen LogP contribution in [0, 0.1) is 11.3 Å². The zero-order valence-electron chi connectivity index (χ0n) is 15.0. The third-order valence-corrected chi connectivity index (χ3v) is 5.52. The van der Waals surface area contributed by atoms with Crippen molar-refractivity contribution in [3.05, 3.63) is 34.7 Å². The van der Waals surface area contributed by atoms with E-state index in [9.17, 15) is 29.0 Å². The minimum atomic E-state index is -4.15. The van der Waals surface area contributed by atoms with E-state index in [0.717, 1.165) is 5.69 Å². The highest BCUT2D eigenvalue weighted by Crippen LogP contribution is 2.18. The molecule has 1 aliphatic heterocycles. The lowest BCUT2D eigenvalue weighted by molar-refractivity contribution is -0.184. The SMILES string of the molecule is CN(C)c1ccc(/C=C(\C#N)S(=O)(=O)NC[C@H]2OC[C@H](O)[C@@H](O)[C@@H]2O)cc1. The number of hydrogen-bond donors (Lipinski definition) is 4. The predicted octanol–water partition coefficient (Wildman–Crippen LogP) is -0.982. The van der Waals surface area contributed by atoms with Gasteiger partial charge < -0.3 is 25.0 Å².